The number of hydrogen-bond donors (Lipinski definition) is 0. The van der Waals surface area contributed by atoms with E-state index in [0.717, 1.165) is 55.9 Å². The van der Waals surface area contributed by atoms with E-state index in [9.17, 15) is 8.42 Å². The Labute approximate surface area is 282 Å². The zero-order valence-corrected chi connectivity index (χ0v) is 32.2. The van der Waals surface area contributed by atoms with Crippen molar-refractivity contribution < 1.29 is 12.4 Å². The van der Waals surface area contributed by atoms with Gasteiger partial charge in [-0.2, -0.15) is 0 Å². The maximum absolute atomic E-state index is 14.3. The van der Waals surface area contributed by atoms with Crippen molar-refractivity contribution in [2.24, 2.45) is 0 Å². The van der Waals surface area contributed by atoms with E-state index in [1.54, 1.807) is 18.2 Å². The molecule has 0 atom stereocenters. The maximum atomic E-state index is 14.3. The van der Waals surface area contributed by atoms with Crippen LogP contribution in [0.1, 0.15) is 187 Å². The third-order valence-corrected chi connectivity index (χ3v) is 19.1. The molecule has 1 aromatic rings. The minimum absolute atomic E-state index is 0.318. The predicted octanol–water partition coefficient (Wildman–Crippen LogP) is 13.9. The molecule has 0 N–H and O–H groups in total. The summed E-state index contributed by atoms with van der Waals surface area (Å²) in [6.45, 7) is 9.86. The molecule has 264 valence electrons. The van der Waals surface area contributed by atoms with Crippen LogP contribution < -0.4 is 0 Å². The second-order valence-corrected chi connectivity index (χ2v) is 21.6. The van der Waals surface area contributed by atoms with Crippen LogP contribution in [0.2, 0.25) is 0 Å². The van der Waals surface area contributed by atoms with Gasteiger partial charge in [0.15, 0.2) is 0 Å². The van der Waals surface area contributed by atoms with Crippen molar-refractivity contribution in [3.63, 3.8) is 0 Å². The van der Waals surface area contributed by atoms with E-state index < -0.39 is 16.9 Å². The van der Waals surface area contributed by atoms with Gasteiger partial charge in [-0.3, -0.25) is 0 Å². The van der Waals surface area contributed by atoms with Crippen LogP contribution in [-0.4, -0.2) is 33.1 Å². The van der Waals surface area contributed by atoms with Gasteiger partial charge in [-0.05, 0) is 0 Å². The normalized spacial score (nSPS) is 13.1. The first-order valence-corrected chi connectivity index (χ1v) is 23.8. The van der Waals surface area contributed by atoms with Crippen molar-refractivity contribution >= 4 is 23.0 Å². The van der Waals surface area contributed by atoms with Gasteiger partial charge in [-0.25, -0.2) is 0 Å². The SMILES string of the molecule is C=Cc1ccc(S(=O)(=O)OP(CCCCCCCC)(CCCCCCCC)(CCCCCCCC)CCCCCCCC)cc1. The Morgan fingerprint density at radius 3 is 1.09 bits per heavy atom. The second-order valence-electron chi connectivity index (χ2n) is 14.1. The number of benzene rings is 1. The summed E-state index contributed by atoms with van der Waals surface area (Å²) in [5, 5.41) is 0. The predicted molar refractivity (Wildman–Crippen MR) is 205 cm³/mol. The molecule has 1 rings (SSSR count). The van der Waals surface area contributed by atoms with Crippen molar-refractivity contribution in [1.82, 2.24) is 0 Å². The quantitative estimate of drug-likeness (QED) is 0.0568. The van der Waals surface area contributed by atoms with Crippen LogP contribution in [0, 0.1) is 0 Å². The number of hydrogen-bond acceptors (Lipinski definition) is 3. The van der Waals surface area contributed by atoms with Gasteiger partial charge < -0.3 is 0 Å². The summed E-state index contributed by atoms with van der Waals surface area (Å²) in [5.74, 6) is 0. The fourth-order valence-electron chi connectivity index (χ4n) is 7.08. The Hall–Kier alpha value is -0.700. The second kappa shape index (κ2) is 25.3. The fraction of sp³-hybridized carbons (Fsp3) is 0.800. The third kappa shape index (κ3) is 17.9. The van der Waals surface area contributed by atoms with Gasteiger partial charge in [0.2, 0.25) is 0 Å². The van der Waals surface area contributed by atoms with Crippen molar-refractivity contribution in [2.75, 3.05) is 24.6 Å². The molecule has 0 saturated heterocycles. The summed E-state index contributed by atoms with van der Waals surface area (Å²) in [7, 11) is -3.88. The van der Waals surface area contributed by atoms with Crippen LogP contribution in [0.3, 0.4) is 0 Å². The van der Waals surface area contributed by atoms with Gasteiger partial charge >= 0.3 is 283 Å². The molecule has 0 spiro atoms. The van der Waals surface area contributed by atoms with E-state index in [2.05, 4.69) is 34.3 Å². The molecule has 0 aliphatic carbocycles. The molecule has 0 heterocycles. The van der Waals surface area contributed by atoms with Gasteiger partial charge in [0.1, 0.15) is 0 Å². The minimum atomic E-state index is -3.88. The average Bonchev–Trinajstić information content (AvgIpc) is 3.04. The first-order valence-electron chi connectivity index (χ1n) is 19.5. The number of rotatable bonds is 32. The van der Waals surface area contributed by atoms with Crippen LogP contribution in [0.4, 0.5) is 0 Å². The molecule has 0 amide bonds. The third-order valence-electron chi connectivity index (χ3n) is 10.0. The molecule has 3 nitrogen and oxygen atoms in total. The molecular weight excluding hydrogens is 591 g/mol. The van der Waals surface area contributed by atoms with E-state index in [4.69, 9.17) is 3.97 Å². The van der Waals surface area contributed by atoms with Crippen molar-refractivity contribution in [1.29, 1.82) is 0 Å². The van der Waals surface area contributed by atoms with Gasteiger partial charge in [0.25, 0.3) is 0 Å². The molecule has 45 heavy (non-hydrogen) atoms. The zero-order chi connectivity index (χ0) is 33.1. The van der Waals surface area contributed by atoms with Gasteiger partial charge in [-0.15, -0.1) is 0 Å². The standard InChI is InChI=1S/C40H75O3PS/c1-6-11-15-19-23-27-35-44(36-28-24-20-16-12-7-2,37-29-25-21-17-13-8-3,38-30-26-22-18-14-9-4)43-45(41,42)40-33-31-39(10-5)32-34-40/h10,31-34H,5-9,11-30,35-38H2,1-4H3. The van der Waals surface area contributed by atoms with Crippen LogP contribution in [-0.2, 0) is 14.1 Å². The molecule has 0 fully saturated rings. The van der Waals surface area contributed by atoms with Crippen LogP contribution >= 0.6 is 6.83 Å². The van der Waals surface area contributed by atoms with Crippen LogP contribution in [0.25, 0.3) is 6.08 Å². The van der Waals surface area contributed by atoms with E-state index in [-0.39, 0.29) is 0 Å². The van der Waals surface area contributed by atoms with Crippen LogP contribution in [0.5, 0.6) is 0 Å². The summed E-state index contributed by atoms with van der Waals surface area (Å²) in [6.07, 6.45) is 35.2. The van der Waals surface area contributed by atoms with Gasteiger partial charge in [0.05, 0.1) is 0 Å². The van der Waals surface area contributed by atoms with Gasteiger partial charge in [-0.1, -0.05) is 0 Å². The molecule has 0 bridgehead atoms. The van der Waals surface area contributed by atoms with Crippen molar-refractivity contribution in [2.45, 2.75) is 187 Å². The molecule has 5 heteroatoms. The summed E-state index contributed by atoms with van der Waals surface area (Å²) < 4.78 is 35.7. The molecule has 0 unspecified atom stereocenters. The van der Waals surface area contributed by atoms with Crippen LogP contribution in [0.15, 0.2) is 35.7 Å². The van der Waals surface area contributed by atoms with Gasteiger partial charge in [0, 0.05) is 0 Å². The molecule has 0 aliphatic heterocycles. The summed E-state index contributed by atoms with van der Waals surface area (Å²) >= 11 is 0. The summed E-state index contributed by atoms with van der Waals surface area (Å²) in [5.41, 5.74) is 0.935. The first kappa shape index (κ1) is 42.3. The van der Waals surface area contributed by atoms with E-state index in [1.165, 1.54) is 128 Å². The summed E-state index contributed by atoms with van der Waals surface area (Å²) in [6, 6.07) is 7.20. The topological polar surface area (TPSA) is 43.4 Å². The average molecular weight is 667 g/mol. The van der Waals surface area contributed by atoms with E-state index in [1.807, 2.05) is 12.1 Å². The zero-order valence-electron chi connectivity index (χ0n) is 30.5. The Bertz CT molecular complexity index is 881. The molecule has 0 saturated carbocycles. The Morgan fingerprint density at radius 1 is 0.511 bits per heavy atom. The fourth-order valence-corrected chi connectivity index (χ4v) is 16.7. The molecule has 0 aromatic heterocycles. The molecule has 1 aromatic carbocycles. The Balaban J connectivity index is 3.47. The Morgan fingerprint density at radius 2 is 0.800 bits per heavy atom. The van der Waals surface area contributed by atoms with E-state index >= 15 is 0 Å². The monoisotopic (exact) mass is 667 g/mol. The molecule has 0 aliphatic rings. The number of unbranched alkanes of at least 4 members (excludes halogenated alkanes) is 20. The molecular formula is C40H75O3PS. The van der Waals surface area contributed by atoms with Crippen molar-refractivity contribution in [3.8, 4) is 0 Å². The first-order chi connectivity index (χ1) is 21.8. The Kier molecular flexibility index (Phi) is 23.8. The summed E-state index contributed by atoms with van der Waals surface area (Å²) in [4.78, 5) is 0.318. The molecule has 0 radical (unpaired) electrons. The van der Waals surface area contributed by atoms with Crippen molar-refractivity contribution in [3.05, 3.63) is 36.4 Å². The van der Waals surface area contributed by atoms with E-state index in [0.29, 0.717) is 4.90 Å².